The van der Waals surface area contributed by atoms with Crippen LogP contribution < -0.4 is 5.73 Å². The van der Waals surface area contributed by atoms with Crippen LogP contribution in [0.25, 0.3) is 0 Å². The molecule has 3 heteroatoms. The lowest BCUT2D eigenvalue weighted by atomic mass is 10.2. The molecule has 0 spiro atoms. The van der Waals surface area contributed by atoms with Crippen molar-refractivity contribution in [3.63, 3.8) is 0 Å². The molecule has 0 aliphatic carbocycles. The van der Waals surface area contributed by atoms with Gasteiger partial charge in [-0.3, -0.25) is 0 Å². The van der Waals surface area contributed by atoms with E-state index in [9.17, 15) is 0 Å². The molecule has 0 unspecified atom stereocenters. The van der Waals surface area contributed by atoms with Crippen LogP contribution in [0.3, 0.4) is 0 Å². The number of aryl methyl sites for hydroxylation is 1. The average Bonchev–Trinajstić information content (AvgIpc) is 2.26. The van der Waals surface area contributed by atoms with Crippen molar-refractivity contribution in [2.45, 2.75) is 16.8 Å². The summed E-state index contributed by atoms with van der Waals surface area (Å²) in [6.07, 6.45) is 1.79. The zero-order valence-corrected chi connectivity index (χ0v) is 9.29. The molecule has 15 heavy (non-hydrogen) atoms. The molecular weight excluding hydrogens is 204 g/mol. The molecule has 0 saturated heterocycles. The van der Waals surface area contributed by atoms with Gasteiger partial charge < -0.3 is 5.73 Å². The van der Waals surface area contributed by atoms with Crippen molar-refractivity contribution in [1.29, 1.82) is 0 Å². The predicted octanol–water partition coefficient (Wildman–Crippen LogP) is 3.12. The largest absolute Gasteiger partial charge is 0.398 e. The van der Waals surface area contributed by atoms with Gasteiger partial charge in [-0.1, -0.05) is 30.0 Å². The molecule has 2 rings (SSSR count). The highest BCUT2D eigenvalue weighted by atomic mass is 32.2. The summed E-state index contributed by atoms with van der Waals surface area (Å²) < 4.78 is 0. The Morgan fingerprint density at radius 1 is 1.13 bits per heavy atom. The second-order valence-corrected chi connectivity index (χ2v) is 4.32. The van der Waals surface area contributed by atoms with E-state index in [1.807, 2.05) is 43.3 Å². The zero-order chi connectivity index (χ0) is 10.7. The molecule has 0 fully saturated rings. The number of anilines is 1. The van der Waals surface area contributed by atoms with Gasteiger partial charge in [0.05, 0.1) is 0 Å². The summed E-state index contributed by atoms with van der Waals surface area (Å²) in [5.41, 5.74) is 7.93. The summed E-state index contributed by atoms with van der Waals surface area (Å²) in [5, 5.41) is 0.967. The summed E-state index contributed by atoms with van der Waals surface area (Å²) >= 11 is 1.59. The van der Waals surface area contributed by atoms with E-state index in [0.29, 0.717) is 0 Å². The fourth-order valence-electron chi connectivity index (χ4n) is 1.26. The highest BCUT2D eigenvalue weighted by molar-refractivity contribution is 7.99. The van der Waals surface area contributed by atoms with Crippen molar-refractivity contribution in [1.82, 2.24) is 4.98 Å². The van der Waals surface area contributed by atoms with Gasteiger partial charge in [0.2, 0.25) is 0 Å². The smallest absolute Gasteiger partial charge is 0.101 e. The summed E-state index contributed by atoms with van der Waals surface area (Å²) in [6.45, 7) is 2.01. The second-order valence-electron chi connectivity index (χ2n) is 3.26. The van der Waals surface area contributed by atoms with Crippen molar-refractivity contribution in [3.05, 3.63) is 48.2 Å². The quantitative estimate of drug-likeness (QED) is 0.784. The third-order valence-electron chi connectivity index (χ3n) is 2.14. The fraction of sp³-hybridized carbons (Fsp3) is 0.0833. The summed E-state index contributed by atoms with van der Waals surface area (Å²) in [7, 11) is 0. The van der Waals surface area contributed by atoms with Crippen LogP contribution >= 0.6 is 11.8 Å². The molecule has 1 aromatic carbocycles. The normalized spacial score (nSPS) is 10.2. The minimum absolute atomic E-state index is 0.841. The van der Waals surface area contributed by atoms with Gasteiger partial charge in [-0.05, 0) is 30.7 Å². The maximum Gasteiger partial charge on any atom is 0.101 e. The minimum Gasteiger partial charge on any atom is -0.398 e. The second kappa shape index (κ2) is 4.36. The average molecular weight is 216 g/mol. The molecule has 2 aromatic rings. The Morgan fingerprint density at radius 3 is 2.73 bits per heavy atom. The van der Waals surface area contributed by atoms with Gasteiger partial charge >= 0.3 is 0 Å². The van der Waals surface area contributed by atoms with Crippen LogP contribution in [-0.2, 0) is 0 Å². The third-order valence-corrected chi connectivity index (χ3v) is 3.16. The van der Waals surface area contributed by atoms with Crippen molar-refractivity contribution in [2.75, 3.05) is 5.73 Å². The number of pyridine rings is 1. The number of nitrogens with two attached hydrogens (primary N) is 1. The molecule has 0 radical (unpaired) electrons. The van der Waals surface area contributed by atoms with Crippen molar-refractivity contribution in [2.24, 2.45) is 0 Å². The highest BCUT2D eigenvalue weighted by Crippen LogP contribution is 2.31. The Labute approximate surface area is 93.5 Å². The fourth-order valence-corrected chi connectivity index (χ4v) is 2.17. The monoisotopic (exact) mass is 216 g/mol. The first-order valence-corrected chi connectivity index (χ1v) is 5.53. The number of nitrogens with zero attached hydrogens (tertiary/aromatic N) is 1. The molecule has 0 bridgehead atoms. The van der Waals surface area contributed by atoms with Crippen LogP contribution in [0.15, 0.2) is 52.5 Å². The van der Waals surface area contributed by atoms with E-state index in [4.69, 9.17) is 5.73 Å². The molecule has 0 amide bonds. The number of aromatic nitrogens is 1. The van der Waals surface area contributed by atoms with Gasteiger partial charge in [-0.15, -0.1) is 0 Å². The molecule has 0 saturated carbocycles. The standard InChI is InChI=1S/C12H12N2S/c1-9-5-4-6-10(12(9)13)15-11-7-2-3-8-14-11/h2-8H,13H2,1H3. The number of para-hydroxylation sites is 1. The Morgan fingerprint density at radius 2 is 2.00 bits per heavy atom. The SMILES string of the molecule is Cc1cccc(Sc2ccccn2)c1N. The Balaban J connectivity index is 2.29. The number of benzene rings is 1. The lowest BCUT2D eigenvalue weighted by molar-refractivity contribution is 1.13. The first-order chi connectivity index (χ1) is 7.27. The van der Waals surface area contributed by atoms with Crippen LogP contribution in [0.4, 0.5) is 5.69 Å². The van der Waals surface area contributed by atoms with E-state index in [1.165, 1.54) is 0 Å². The van der Waals surface area contributed by atoms with Crippen molar-refractivity contribution in [3.8, 4) is 0 Å². The molecule has 0 atom stereocenters. The van der Waals surface area contributed by atoms with Crippen LogP contribution in [0, 0.1) is 6.92 Å². The van der Waals surface area contributed by atoms with E-state index in [-0.39, 0.29) is 0 Å². The topological polar surface area (TPSA) is 38.9 Å². The minimum atomic E-state index is 0.841. The van der Waals surface area contributed by atoms with E-state index >= 15 is 0 Å². The summed E-state index contributed by atoms with van der Waals surface area (Å²) in [6, 6.07) is 11.9. The lowest BCUT2D eigenvalue weighted by Gasteiger charge is -2.06. The maximum absolute atomic E-state index is 5.98. The first-order valence-electron chi connectivity index (χ1n) is 4.71. The van der Waals surface area contributed by atoms with Crippen LogP contribution in [0.2, 0.25) is 0 Å². The predicted molar refractivity (Wildman–Crippen MR) is 64.0 cm³/mol. The molecule has 1 heterocycles. The summed E-state index contributed by atoms with van der Waals surface area (Å²) in [4.78, 5) is 5.32. The number of nitrogen functional groups attached to an aromatic ring is 1. The first kappa shape index (κ1) is 10.1. The Hall–Kier alpha value is -1.48. The lowest BCUT2D eigenvalue weighted by Crippen LogP contribution is -1.92. The molecule has 1 aromatic heterocycles. The highest BCUT2D eigenvalue weighted by Gasteiger charge is 2.03. The van der Waals surface area contributed by atoms with Crippen LogP contribution in [0.5, 0.6) is 0 Å². The van der Waals surface area contributed by atoms with Crippen molar-refractivity contribution < 1.29 is 0 Å². The van der Waals surface area contributed by atoms with Gasteiger partial charge in [0.25, 0.3) is 0 Å². The Bertz CT molecular complexity index is 454. The van der Waals surface area contributed by atoms with Crippen LogP contribution in [-0.4, -0.2) is 4.98 Å². The van der Waals surface area contributed by atoms with E-state index < -0.39 is 0 Å². The third kappa shape index (κ3) is 2.30. The van der Waals surface area contributed by atoms with Gasteiger partial charge in [0, 0.05) is 16.8 Å². The zero-order valence-electron chi connectivity index (χ0n) is 8.47. The number of hydrogen-bond acceptors (Lipinski definition) is 3. The van der Waals surface area contributed by atoms with E-state index in [2.05, 4.69) is 4.98 Å². The summed E-state index contributed by atoms with van der Waals surface area (Å²) in [5.74, 6) is 0. The van der Waals surface area contributed by atoms with Gasteiger partial charge in [-0.25, -0.2) is 4.98 Å². The van der Waals surface area contributed by atoms with E-state index in [0.717, 1.165) is 21.2 Å². The molecule has 2 nitrogen and oxygen atoms in total. The van der Waals surface area contributed by atoms with Crippen molar-refractivity contribution >= 4 is 17.4 Å². The maximum atomic E-state index is 5.98. The van der Waals surface area contributed by atoms with Gasteiger partial charge in [0.1, 0.15) is 5.03 Å². The molecule has 76 valence electrons. The Kier molecular flexibility index (Phi) is 2.92. The van der Waals surface area contributed by atoms with E-state index in [1.54, 1.807) is 18.0 Å². The molecular formula is C12H12N2S. The van der Waals surface area contributed by atoms with Gasteiger partial charge in [-0.2, -0.15) is 0 Å². The molecule has 0 aliphatic rings. The molecule has 0 aliphatic heterocycles. The number of rotatable bonds is 2. The molecule has 2 N–H and O–H groups in total. The van der Waals surface area contributed by atoms with Crippen LogP contribution in [0.1, 0.15) is 5.56 Å². The number of hydrogen-bond donors (Lipinski definition) is 1. The van der Waals surface area contributed by atoms with Gasteiger partial charge in [0.15, 0.2) is 0 Å².